The summed E-state index contributed by atoms with van der Waals surface area (Å²) in [7, 11) is 0. The lowest BCUT2D eigenvalue weighted by Crippen LogP contribution is -2.49. The first-order valence-electron chi connectivity index (χ1n) is 9.53. The van der Waals surface area contributed by atoms with Crippen molar-refractivity contribution in [3.63, 3.8) is 0 Å². The first-order valence-corrected chi connectivity index (χ1v) is 9.53. The Hall–Kier alpha value is -3.28. The van der Waals surface area contributed by atoms with Crippen LogP contribution >= 0.6 is 0 Å². The van der Waals surface area contributed by atoms with Gasteiger partial charge in [0.15, 0.2) is 0 Å². The normalized spacial score (nSPS) is 15.5. The maximum Gasteiger partial charge on any atom is 0.453 e. The number of carbonyl (C=O) groups is 1. The Kier molecular flexibility index (Phi) is 5.48. The third-order valence-electron chi connectivity index (χ3n) is 4.87. The topological polar surface area (TPSA) is 78.7 Å². The van der Waals surface area contributed by atoms with E-state index in [9.17, 15) is 22.4 Å². The van der Waals surface area contributed by atoms with E-state index >= 15 is 0 Å². The third-order valence-corrected chi connectivity index (χ3v) is 4.87. The van der Waals surface area contributed by atoms with Gasteiger partial charge in [0.2, 0.25) is 5.91 Å². The Labute approximate surface area is 174 Å². The van der Waals surface area contributed by atoms with Gasteiger partial charge in [-0.15, -0.1) is 5.10 Å². The molecule has 1 amide bonds. The molecule has 3 heterocycles. The van der Waals surface area contributed by atoms with E-state index in [1.54, 1.807) is 13.0 Å². The summed E-state index contributed by atoms with van der Waals surface area (Å²) in [6.45, 7) is 3.87. The van der Waals surface area contributed by atoms with Gasteiger partial charge in [0.25, 0.3) is 11.6 Å². The van der Waals surface area contributed by atoms with Crippen LogP contribution in [0.3, 0.4) is 0 Å². The van der Waals surface area contributed by atoms with Crippen molar-refractivity contribution in [2.24, 2.45) is 0 Å². The molecule has 1 aliphatic rings. The van der Waals surface area contributed by atoms with Gasteiger partial charge in [-0.25, -0.2) is 9.37 Å². The van der Waals surface area contributed by atoms with Crippen molar-refractivity contribution < 1.29 is 22.4 Å². The van der Waals surface area contributed by atoms with Crippen LogP contribution in [-0.4, -0.2) is 63.1 Å². The van der Waals surface area contributed by atoms with Crippen molar-refractivity contribution >= 4 is 23.2 Å². The minimum absolute atomic E-state index is 0.108. The number of hydrogen-bond acceptors (Lipinski definition) is 6. The van der Waals surface area contributed by atoms with Crippen LogP contribution in [0, 0.1) is 12.7 Å². The van der Waals surface area contributed by atoms with E-state index in [4.69, 9.17) is 0 Å². The number of alkyl halides is 3. The monoisotopic (exact) mass is 437 g/mol. The van der Waals surface area contributed by atoms with Crippen LogP contribution < -0.4 is 10.2 Å². The fraction of sp³-hybridized carbons (Fsp3) is 0.368. The average Bonchev–Trinajstić information content (AvgIpc) is 3.14. The van der Waals surface area contributed by atoms with Crippen LogP contribution in [0.4, 0.5) is 29.1 Å². The van der Waals surface area contributed by atoms with E-state index in [1.807, 2.05) is 9.80 Å². The van der Waals surface area contributed by atoms with Gasteiger partial charge in [0.1, 0.15) is 11.6 Å². The molecule has 12 heteroatoms. The Morgan fingerprint density at radius 1 is 1.10 bits per heavy atom. The summed E-state index contributed by atoms with van der Waals surface area (Å²) in [5, 5.41) is 6.30. The number of aromatic nitrogens is 4. The Balaban J connectivity index is 1.41. The van der Waals surface area contributed by atoms with Gasteiger partial charge in [-0.3, -0.25) is 9.69 Å². The molecule has 0 saturated carbocycles. The molecule has 1 fully saturated rings. The fourth-order valence-electron chi connectivity index (χ4n) is 3.39. The van der Waals surface area contributed by atoms with E-state index in [0.717, 1.165) is 4.52 Å². The molecule has 0 aliphatic carbocycles. The number of piperazine rings is 1. The number of amides is 1. The third kappa shape index (κ3) is 4.74. The smallest absolute Gasteiger partial charge is 0.354 e. The molecule has 1 saturated heterocycles. The van der Waals surface area contributed by atoms with Crippen molar-refractivity contribution in [2.75, 3.05) is 42.9 Å². The predicted molar refractivity (Wildman–Crippen MR) is 104 cm³/mol. The number of fused-ring (bicyclic) bond motifs is 1. The molecule has 0 radical (unpaired) electrons. The van der Waals surface area contributed by atoms with E-state index < -0.39 is 12.0 Å². The van der Waals surface area contributed by atoms with Crippen LogP contribution in [-0.2, 0) is 11.0 Å². The highest BCUT2D eigenvalue weighted by molar-refractivity contribution is 5.92. The van der Waals surface area contributed by atoms with Crippen molar-refractivity contribution in [3.8, 4) is 0 Å². The second-order valence-corrected chi connectivity index (χ2v) is 7.22. The second-order valence-electron chi connectivity index (χ2n) is 7.22. The molecule has 164 valence electrons. The zero-order valence-electron chi connectivity index (χ0n) is 16.5. The maximum absolute atomic E-state index is 13.0. The number of hydrogen-bond donors (Lipinski definition) is 1. The van der Waals surface area contributed by atoms with Gasteiger partial charge < -0.3 is 10.2 Å². The number of aryl methyl sites for hydroxylation is 1. The lowest BCUT2D eigenvalue weighted by atomic mass is 10.3. The minimum Gasteiger partial charge on any atom is -0.354 e. The second kappa shape index (κ2) is 8.10. The molecule has 1 N–H and O–H groups in total. The zero-order chi connectivity index (χ0) is 22.2. The molecule has 3 aromatic rings. The first-order chi connectivity index (χ1) is 14.7. The quantitative estimate of drug-likeness (QED) is 0.632. The van der Waals surface area contributed by atoms with E-state index in [0.29, 0.717) is 43.4 Å². The van der Waals surface area contributed by atoms with Crippen LogP contribution in [0.1, 0.15) is 11.5 Å². The molecular weight excluding hydrogens is 418 g/mol. The van der Waals surface area contributed by atoms with Gasteiger partial charge in [-0.05, 0) is 31.2 Å². The average molecular weight is 437 g/mol. The standard InChI is InChI=1S/C19H19F4N7O/c1-12-10-16(30-18(24-12)26-17(27-30)19(21,22)23)29-8-6-28(7-9-29)11-15(31)25-14-4-2-13(20)3-5-14/h2-5,10H,6-9,11H2,1H3,(H,25,31). The highest BCUT2D eigenvalue weighted by Crippen LogP contribution is 2.28. The van der Waals surface area contributed by atoms with Gasteiger partial charge in [0.05, 0.1) is 6.54 Å². The molecule has 2 aromatic heterocycles. The van der Waals surface area contributed by atoms with Crippen LogP contribution in [0.5, 0.6) is 0 Å². The molecule has 1 aliphatic heterocycles. The van der Waals surface area contributed by atoms with Gasteiger partial charge >= 0.3 is 6.18 Å². The summed E-state index contributed by atoms with van der Waals surface area (Å²) < 4.78 is 53.1. The molecule has 0 bridgehead atoms. The summed E-state index contributed by atoms with van der Waals surface area (Å²) in [5.41, 5.74) is 1.04. The fourth-order valence-corrected chi connectivity index (χ4v) is 3.39. The summed E-state index contributed by atoms with van der Waals surface area (Å²) in [6.07, 6.45) is -4.66. The Morgan fingerprint density at radius 2 is 1.77 bits per heavy atom. The number of halogens is 4. The molecule has 1 aromatic carbocycles. The molecule has 8 nitrogen and oxygen atoms in total. The van der Waals surface area contributed by atoms with Crippen molar-refractivity contribution in [1.82, 2.24) is 24.5 Å². The van der Waals surface area contributed by atoms with Crippen LogP contribution in [0.2, 0.25) is 0 Å². The van der Waals surface area contributed by atoms with E-state index in [-0.39, 0.29) is 24.0 Å². The minimum atomic E-state index is -4.66. The van der Waals surface area contributed by atoms with Crippen LogP contribution in [0.25, 0.3) is 5.78 Å². The Morgan fingerprint density at radius 3 is 2.42 bits per heavy atom. The van der Waals surface area contributed by atoms with Crippen molar-refractivity contribution in [2.45, 2.75) is 13.1 Å². The number of nitrogens with zero attached hydrogens (tertiary/aromatic N) is 6. The molecular formula is C19H19F4N7O. The summed E-state index contributed by atoms with van der Waals surface area (Å²) in [6, 6.07) is 7.16. The SMILES string of the molecule is Cc1cc(N2CCN(CC(=O)Nc3ccc(F)cc3)CC2)n2nc(C(F)(F)F)nc2n1. The van der Waals surface area contributed by atoms with E-state index in [2.05, 4.69) is 20.4 Å². The number of nitrogens with one attached hydrogen (secondary N) is 1. The lowest BCUT2D eigenvalue weighted by Gasteiger charge is -2.35. The molecule has 4 rings (SSSR count). The summed E-state index contributed by atoms with van der Waals surface area (Å²) >= 11 is 0. The van der Waals surface area contributed by atoms with Gasteiger partial charge in [0, 0.05) is 43.6 Å². The van der Waals surface area contributed by atoms with Crippen molar-refractivity contribution in [1.29, 1.82) is 0 Å². The van der Waals surface area contributed by atoms with Gasteiger partial charge in [-0.2, -0.15) is 22.7 Å². The largest absolute Gasteiger partial charge is 0.453 e. The van der Waals surface area contributed by atoms with Crippen LogP contribution in [0.15, 0.2) is 30.3 Å². The van der Waals surface area contributed by atoms with Gasteiger partial charge in [-0.1, -0.05) is 0 Å². The highest BCUT2D eigenvalue weighted by atomic mass is 19.4. The lowest BCUT2D eigenvalue weighted by molar-refractivity contribution is -0.144. The van der Waals surface area contributed by atoms with E-state index in [1.165, 1.54) is 24.3 Å². The molecule has 31 heavy (non-hydrogen) atoms. The number of anilines is 2. The number of rotatable bonds is 4. The zero-order valence-corrected chi connectivity index (χ0v) is 16.5. The predicted octanol–water partition coefficient (Wildman–Crippen LogP) is 2.35. The van der Waals surface area contributed by atoms with Crippen molar-refractivity contribution in [3.05, 3.63) is 47.7 Å². The first kappa shape index (κ1) is 21.0. The number of benzene rings is 1. The highest BCUT2D eigenvalue weighted by Gasteiger charge is 2.37. The maximum atomic E-state index is 13.0. The molecule has 0 spiro atoms. The summed E-state index contributed by atoms with van der Waals surface area (Å²) in [4.78, 5) is 23.6. The molecule has 0 unspecified atom stereocenters. The summed E-state index contributed by atoms with van der Waals surface area (Å²) in [5.74, 6) is -1.48. The number of carbonyl (C=O) groups excluding carboxylic acids is 1. The molecule has 0 atom stereocenters. The Bertz CT molecular complexity index is 1090.